The fourth-order valence-corrected chi connectivity index (χ4v) is 1.65. The maximum Gasteiger partial charge on any atom is 0.220 e. The number of carbonyl (C=O) groups is 1. The molecule has 82 valence electrons. The minimum atomic E-state index is 0.200. The van der Waals surface area contributed by atoms with E-state index in [4.69, 9.17) is 4.74 Å². The summed E-state index contributed by atoms with van der Waals surface area (Å²) in [6, 6.07) is 0.308. The van der Waals surface area contributed by atoms with Crippen LogP contribution in [0.25, 0.3) is 0 Å². The van der Waals surface area contributed by atoms with Crippen molar-refractivity contribution in [3.63, 3.8) is 0 Å². The smallest absolute Gasteiger partial charge is 0.220 e. The van der Waals surface area contributed by atoms with Crippen LogP contribution in [0.1, 0.15) is 39.5 Å². The third-order valence-corrected chi connectivity index (χ3v) is 2.83. The number of hydrogen-bond acceptors (Lipinski definition) is 2. The van der Waals surface area contributed by atoms with Gasteiger partial charge >= 0.3 is 0 Å². The topological polar surface area (TPSA) is 38.3 Å². The molecule has 1 rings (SSSR count). The molecule has 1 N–H and O–H groups in total. The predicted molar refractivity (Wildman–Crippen MR) is 56.1 cm³/mol. The molecule has 0 bridgehead atoms. The average molecular weight is 199 g/mol. The molecule has 0 aromatic heterocycles. The Labute approximate surface area is 86.2 Å². The van der Waals surface area contributed by atoms with Gasteiger partial charge in [0.15, 0.2) is 0 Å². The van der Waals surface area contributed by atoms with Crippen LogP contribution in [0.3, 0.4) is 0 Å². The van der Waals surface area contributed by atoms with Crippen LogP contribution >= 0.6 is 0 Å². The van der Waals surface area contributed by atoms with Crippen molar-refractivity contribution in [3.8, 4) is 0 Å². The van der Waals surface area contributed by atoms with Crippen molar-refractivity contribution in [2.75, 3.05) is 13.2 Å². The van der Waals surface area contributed by atoms with Gasteiger partial charge in [-0.15, -0.1) is 0 Å². The van der Waals surface area contributed by atoms with Crippen LogP contribution in [-0.4, -0.2) is 25.2 Å². The lowest BCUT2D eigenvalue weighted by molar-refractivity contribution is -0.123. The Hall–Kier alpha value is -0.570. The SMILES string of the molecule is CCC(C)NC(=O)CC1CCOCC1. The number of hydrogen-bond donors (Lipinski definition) is 1. The lowest BCUT2D eigenvalue weighted by atomic mass is 9.96. The van der Waals surface area contributed by atoms with Crippen molar-refractivity contribution in [2.24, 2.45) is 5.92 Å². The standard InChI is InChI=1S/C11H21NO2/c1-3-9(2)12-11(13)8-10-4-6-14-7-5-10/h9-10H,3-8H2,1-2H3,(H,12,13). The van der Waals surface area contributed by atoms with Crippen LogP contribution in [0.5, 0.6) is 0 Å². The minimum Gasteiger partial charge on any atom is -0.381 e. The predicted octanol–water partition coefficient (Wildman–Crippen LogP) is 1.72. The Morgan fingerprint density at radius 3 is 2.71 bits per heavy atom. The van der Waals surface area contributed by atoms with Crippen molar-refractivity contribution in [3.05, 3.63) is 0 Å². The van der Waals surface area contributed by atoms with Gasteiger partial charge < -0.3 is 10.1 Å². The average Bonchev–Trinajstić information content (AvgIpc) is 2.19. The van der Waals surface area contributed by atoms with E-state index in [1.54, 1.807) is 0 Å². The summed E-state index contributed by atoms with van der Waals surface area (Å²) in [6.07, 6.45) is 3.75. The van der Waals surface area contributed by atoms with Crippen LogP contribution in [0.2, 0.25) is 0 Å². The van der Waals surface area contributed by atoms with Gasteiger partial charge in [0.05, 0.1) is 0 Å². The molecule has 0 saturated carbocycles. The number of carbonyl (C=O) groups excluding carboxylic acids is 1. The highest BCUT2D eigenvalue weighted by Crippen LogP contribution is 2.18. The number of rotatable bonds is 4. The summed E-state index contributed by atoms with van der Waals surface area (Å²) in [5.74, 6) is 0.735. The Balaban J connectivity index is 2.18. The monoisotopic (exact) mass is 199 g/mol. The first-order valence-corrected chi connectivity index (χ1v) is 5.59. The Morgan fingerprint density at radius 2 is 2.14 bits per heavy atom. The van der Waals surface area contributed by atoms with Crippen LogP contribution < -0.4 is 5.32 Å². The van der Waals surface area contributed by atoms with E-state index < -0.39 is 0 Å². The Morgan fingerprint density at radius 1 is 1.50 bits per heavy atom. The molecule has 1 heterocycles. The van der Waals surface area contributed by atoms with Crippen molar-refractivity contribution >= 4 is 5.91 Å². The fourth-order valence-electron chi connectivity index (χ4n) is 1.65. The van der Waals surface area contributed by atoms with Gasteiger partial charge in [0.2, 0.25) is 5.91 Å². The molecule has 1 fully saturated rings. The molecule has 1 aliphatic rings. The highest BCUT2D eigenvalue weighted by atomic mass is 16.5. The van der Waals surface area contributed by atoms with E-state index in [0.717, 1.165) is 32.5 Å². The van der Waals surface area contributed by atoms with Crippen molar-refractivity contribution in [1.82, 2.24) is 5.32 Å². The van der Waals surface area contributed by atoms with Gasteiger partial charge in [-0.05, 0) is 32.1 Å². The van der Waals surface area contributed by atoms with Crippen LogP contribution in [0, 0.1) is 5.92 Å². The molecule has 3 nitrogen and oxygen atoms in total. The summed E-state index contributed by atoms with van der Waals surface area (Å²) in [4.78, 5) is 11.5. The van der Waals surface area contributed by atoms with Gasteiger partial charge in [-0.25, -0.2) is 0 Å². The quantitative estimate of drug-likeness (QED) is 0.748. The van der Waals surface area contributed by atoms with Crippen LogP contribution in [0.4, 0.5) is 0 Å². The van der Waals surface area contributed by atoms with Crippen molar-refractivity contribution in [1.29, 1.82) is 0 Å². The molecule has 0 radical (unpaired) electrons. The first-order valence-electron chi connectivity index (χ1n) is 5.59. The highest BCUT2D eigenvalue weighted by molar-refractivity contribution is 5.76. The van der Waals surface area contributed by atoms with Gasteiger partial charge in [-0.1, -0.05) is 6.92 Å². The third-order valence-electron chi connectivity index (χ3n) is 2.83. The molecule has 1 aliphatic heterocycles. The van der Waals surface area contributed by atoms with E-state index in [1.807, 2.05) is 6.92 Å². The second kappa shape index (κ2) is 6.02. The zero-order valence-electron chi connectivity index (χ0n) is 9.21. The van der Waals surface area contributed by atoms with Crippen LogP contribution in [0.15, 0.2) is 0 Å². The number of amides is 1. The zero-order valence-corrected chi connectivity index (χ0v) is 9.21. The molecule has 14 heavy (non-hydrogen) atoms. The van der Waals surface area contributed by atoms with E-state index in [9.17, 15) is 4.79 Å². The second-order valence-corrected chi connectivity index (χ2v) is 4.14. The van der Waals surface area contributed by atoms with Gasteiger partial charge in [0.25, 0.3) is 0 Å². The molecule has 0 aliphatic carbocycles. The largest absolute Gasteiger partial charge is 0.381 e. The van der Waals surface area contributed by atoms with E-state index in [1.165, 1.54) is 0 Å². The van der Waals surface area contributed by atoms with Crippen molar-refractivity contribution < 1.29 is 9.53 Å². The summed E-state index contributed by atoms with van der Waals surface area (Å²) < 4.78 is 5.25. The molecular weight excluding hydrogens is 178 g/mol. The molecule has 0 aromatic carbocycles. The van der Waals surface area contributed by atoms with Gasteiger partial charge in [-0.2, -0.15) is 0 Å². The second-order valence-electron chi connectivity index (χ2n) is 4.14. The van der Waals surface area contributed by atoms with Gasteiger partial charge in [0, 0.05) is 25.7 Å². The van der Waals surface area contributed by atoms with Crippen LogP contribution in [-0.2, 0) is 9.53 Å². The zero-order chi connectivity index (χ0) is 10.4. The molecule has 3 heteroatoms. The fraction of sp³-hybridized carbons (Fsp3) is 0.909. The molecule has 0 spiro atoms. The van der Waals surface area contributed by atoms with E-state index >= 15 is 0 Å². The molecule has 1 saturated heterocycles. The summed E-state index contributed by atoms with van der Waals surface area (Å²) in [7, 11) is 0. The molecule has 1 amide bonds. The minimum absolute atomic E-state index is 0.200. The van der Waals surface area contributed by atoms with E-state index in [-0.39, 0.29) is 5.91 Å². The van der Waals surface area contributed by atoms with E-state index in [2.05, 4.69) is 12.2 Å². The Bertz CT molecular complexity index is 176. The third kappa shape index (κ3) is 4.09. The summed E-state index contributed by atoms with van der Waals surface area (Å²) in [5.41, 5.74) is 0. The van der Waals surface area contributed by atoms with E-state index in [0.29, 0.717) is 18.4 Å². The lowest BCUT2D eigenvalue weighted by Gasteiger charge is -2.22. The summed E-state index contributed by atoms with van der Waals surface area (Å²) in [6.45, 7) is 5.77. The normalized spacial score (nSPS) is 20.4. The molecular formula is C11H21NO2. The maximum atomic E-state index is 11.5. The molecule has 1 atom stereocenters. The summed E-state index contributed by atoms with van der Waals surface area (Å²) in [5, 5.41) is 3.00. The van der Waals surface area contributed by atoms with Gasteiger partial charge in [0.1, 0.15) is 0 Å². The number of nitrogens with one attached hydrogen (secondary N) is 1. The van der Waals surface area contributed by atoms with Crippen molar-refractivity contribution in [2.45, 2.75) is 45.6 Å². The first-order chi connectivity index (χ1) is 6.72. The number of ether oxygens (including phenoxy) is 1. The van der Waals surface area contributed by atoms with Gasteiger partial charge in [-0.3, -0.25) is 4.79 Å². The molecule has 1 unspecified atom stereocenters. The first kappa shape index (κ1) is 11.5. The Kier molecular flexibility index (Phi) is 4.94. The highest BCUT2D eigenvalue weighted by Gasteiger charge is 2.17. The lowest BCUT2D eigenvalue weighted by Crippen LogP contribution is -2.34. The summed E-state index contributed by atoms with van der Waals surface area (Å²) >= 11 is 0. The molecule has 0 aromatic rings. The maximum absolute atomic E-state index is 11.5.